The molecule has 2 rings (SSSR count). The summed E-state index contributed by atoms with van der Waals surface area (Å²) < 4.78 is 0. The molecule has 3 heteroatoms. The molecule has 1 aromatic rings. The molecule has 1 aliphatic heterocycles. The zero-order valence-electron chi connectivity index (χ0n) is 10.9. The lowest BCUT2D eigenvalue weighted by atomic mass is 10.1. The summed E-state index contributed by atoms with van der Waals surface area (Å²) in [6, 6.07) is 4.64. The third-order valence-electron chi connectivity index (χ3n) is 3.29. The van der Waals surface area contributed by atoms with Crippen LogP contribution in [0.3, 0.4) is 0 Å². The van der Waals surface area contributed by atoms with Crippen molar-refractivity contribution >= 4 is 5.69 Å². The van der Waals surface area contributed by atoms with Gasteiger partial charge in [0.15, 0.2) is 0 Å². The Morgan fingerprint density at radius 2 is 2.12 bits per heavy atom. The molecule has 1 fully saturated rings. The van der Waals surface area contributed by atoms with Crippen molar-refractivity contribution in [1.82, 2.24) is 9.88 Å². The minimum absolute atomic E-state index is 0.495. The van der Waals surface area contributed by atoms with E-state index in [1.807, 2.05) is 19.2 Å². The predicted octanol–water partition coefficient (Wildman–Crippen LogP) is 2.68. The first-order valence-corrected chi connectivity index (χ1v) is 6.65. The van der Waals surface area contributed by atoms with Gasteiger partial charge in [-0.15, -0.1) is 0 Å². The van der Waals surface area contributed by atoms with Crippen LogP contribution in [-0.4, -0.2) is 35.6 Å². The minimum Gasteiger partial charge on any atom is -0.381 e. The fraction of sp³-hybridized carbons (Fsp3) is 0.643. The lowest BCUT2D eigenvalue weighted by molar-refractivity contribution is 0.223. The summed E-state index contributed by atoms with van der Waals surface area (Å²) in [5, 5.41) is 3.55. The fourth-order valence-electron chi connectivity index (χ4n) is 2.49. The Balaban J connectivity index is 1.82. The number of rotatable bonds is 4. The average molecular weight is 233 g/mol. The topological polar surface area (TPSA) is 28.2 Å². The van der Waals surface area contributed by atoms with Crippen LogP contribution in [0, 0.1) is 6.92 Å². The molecule has 1 saturated heterocycles. The number of nitrogens with zero attached hydrogens (tertiary/aromatic N) is 2. The van der Waals surface area contributed by atoms with E-state index in [0.717, 1.165) is 12.2 Å². The van der Waals surface area contributed by atoms with E-state index in [1.54, 1.807) is 0 Å². The van der Waals surface area contributed by atoms with Gasteiger partial charge in [-0.05, 0) is 51.9 Å². The van der Waals surface area contributed by atoms with Crippen LogP contribution in [0.25, 0.3) is 0 Å². The van der Waals surface area contributed by atoms with Gasteiger partial charge in [-0.2, -0.15) is 0 Å². The highest BCUT2D eigenvalue weighted by Crippen LogP contribution is 2.12. The zero-order valence-corrected chi connectivity index (χ0v) is 10.9. The molecule has 0 aliphatic carbocycles. The van der Waals surface area contributed by atoms with Gasteiger partial charge in [0.25, 0.3) is 0 Å². The van der Waals surface area contributed by atoms with Gasteiger partial charge in [-0.25, -0.2) is 0 Å². The molecule has 0 radical (unpaired) electrons. The van der Waals surface area contributed by atoms with Crippen LogP contribution in [0.4, 0.5) is 5.69 Å². The number of hydrogen-bond acceptors (Lipinski definition) is 3. The Morgan fingerprint density at radius 3 is 2.82 bits per heavy atom. The molecule has 1 aromatic heterocycles. The van der Waals surface area contributed by atoms with Crippen molar-refractivity contribution in [2.45, 2.75) is 39.2 Å². The summed E-state index contributed by atoms with van der Waals surface area (Å²) in [5.74, 6) is 0. The largest absolute Gasteiger partial charge is 0.381 e. The first-order chi connectivity index (χ1) is 8.24. The van der Waals surface area contributed by atoms with Crippen LogP contribution in [0.5, 0.6) is 0 Å². The Hall–Kier alpha value is -1.09. The lowest BCUT2D eigenvalue weighted by Gasteiger charge is -2.29. The van der Waals surface area contributed by atoms with E-state index in [2.05, 4.69) is 28.2 Å². The van der Waals surface area contributed by atoms with Gasteiger partial charge in [0.2, 0.25) is 0 Å². The number of aromatic nitrogens is 1. The molecule has 3 nitrogen and oxygen atoms in total. The maximum absolute atomic E-state index is 4.21. The lowest BCUT2D eigenvalue weighted by Crippen LogP contribution is -2.38. The average Bonchev–Trinajstić information content (AvgIpc) is 2.30. The highest BCUT2D eigenvalue weighted by atomic mass is 15.1. The van der Waals surface area contributed by atoms with Crippen molar-refractivity contribution in [2.24, 2.45) is 0 Å². The van der Waals surface area contributed by atoms with Crippen LogP contribution in [0.2, 0.25) is 0 Å². The van der Waals surface area contributed by atoms with E-state index >= 15 is 0 Å². The van der Waals surface area contributed by atoms with Gasteiger partial charge in [0.05, 0.1) is 0 Å². The number of likely N-dealkylation sites (tertiary alicyclic amines) is 1. The quantitative estimate of drug-likeness (QED) is 0.866. The van der Waals surface area contributed by atoms with Gasteiger partial charge >= 0.3 is 0 Å². The molecule has 0 saturated carbocycles. The van der Waals surface area contributed by atoms with E-state index in [-0.39, 0.29) is 0 Å². The van der Waals surface area contributed by atoms with E-state index in [0.29, 0.717) is 6.04 Å². The Bertz CT molecular complexity index is 345. The second-order valence-corrected chi connectivity index (χ2v) is 5.09. The second kappa shape index (κ2) is 6.01. The monoisotopic (exact) mass is 233 g/mol. The third kappa shape index (κ3) is 4.00. The summed E-state index contributed by atoms with van der Waals surface area (Å²) in [6.07, 6.45) is 6.00. The van der Waals surface area contributed by atoms with Crippen LogP contribution in [-0.2, 0) is 0 Å². The van der Waals surface area contributed by atoms with Gasteiger partial charge in [0.1, 0.15) is 0 Å². The summed E-state index contributed by atoms with van der Waals surface area (Å²) in [5.41, 5.74) is 2.25. The molecule has 1 atom stereocenters. The van der Waals surface area contributed by atoms with Crippen LogP contribution < -0.4 is 5.32 Å². The van der Waals surface area contributed by atoms with E-state index in [4.69, 9.17) is 0 Å². The third-order valence-corrected chi connectivity index (χ3v) is 3.29. The van der Waals surface area contributed by atoms with E-state index in [9.17, 15) is 0 Å². The Labute approximate surface area is 104 Å². The first kappa shape index (κ1) is 12.4. The van der Waals surface area contributed by atoms with Crippen LogP contribution >= 0.6 is 0 Å². The normalized spacial score (nSPS) is 18.9. The van der Waals surface area contributed by atoms with Crippen LogP contribution in [0.1, 0.15) is 31.9 Å². The highest BCUT2D eigenvalue weighted by molar-refractivity contribution is 5.43. The highest BCUT2D eigenvalue weighted by Gasteiger charge is 2.13. The molecule has 1 unspecified atom stereocenters. The van der Waals surface area contributed by atoms with Crippen molar-refractivity contribution in [3.05, 3.63) is 24.0 Å². The summed E-state index contributed by atoms with van der Waals surface area (Å²) >= 11 is 0. The van der Waals surface area contributed by atoms with E-state index in [1.165, 1.54) is 38.0 Å². The Morgan fingerprint density at radius 1 is 1.35 bits per heavy atom. The molecule has 0 spiro atoms. The summed E-state index contributed by atoms with van der Waals surface area (Å²) in [4.78, 5) is 6.78. The molecule has 1 N–H and O–H groups in total. The van der Waals surface area contributed by atoms with Crippen molar-refractivity contribution in [1.29, 1.82) is 0 Å². The second-order valence-electron chi connectivity index (χ2n) is 5.09. The summed E-state index contributed by atoms with van der Waals surface area (Å²) in [6.45, 7) is 7.95. The maximum atomic E-state index is 4.21. The predicted molar refractivity (Wildman–Crippen MR) is 72.3 cm³/mol. The van der Waals surface area contributed by atoms with Crippen molar-refractivity contribution in [2.75, 3.05) is 25.0 Å². The number of pyridine rings is 1. The molecule has 94 valence electrons. The molecular weight excluding hydrogens is 210 g/mol. The summed E-state index contributed by atoms with van der Waals surface area (Å²) in [7, 11) is 0. The van der Waals surface area contributed by atoms with Crippen molar-refractivity contribution < 1.29 is 0 Å². The molecule has 0 amide bonds. The first-order valence-electron chi connectivity index (χ1n) is 6.65. The number of nitrogens with one attached hydrogen (secondary N) is 1. The molecule has 17 heavy (non-hydrogen) atoms. The van der Waals surface area contributed by atoms with Crippen molar-refractivity contribution in [3.8, 4) is 0 Å². The molecule has 0 bridgehead atoms. The zero-order chi connectivity index (χ0) is 12.1. The maximum Gasteiger partial charge on any atom is 0.0393 e. The van der Waals surface area contributed by atoms with Gasteiger partial charge in [-0.3, -0.25) is 4.98 Å². The number of hydrogen-bond donors (Lipinski definition) is 1. The number of anilines is 1. The van der Waals surface area contributed by atoms with E-state index < -0.39 is 0 Å². The minimum atomic E-state index is 0.495. The molecular formula is C14H23N3. The fourth-order valence-corrected chi connectivity index (χ4v) is 2.49. The van der Waals surface area contributed by atoms with Gasteiger partial charge in [-0.1, -0.05) is 6.42 Å². The molecule has 2 heterocycles. The smallest absolute Gasteiger partial charge is 0.0393 e. The SMILES string of the molecule is Cc1cc(NC(C)CN2CCCCC2)ccn1. The van der Waals surface area contributed by atoms with Crippen LogP contribution in [0.15, 0.2) is 18.3 Å². The number of aryl methyl sites for hydroxylation is 1. The molecule has 0 aromatic carbocycles. The molecule has 1 aliphatic rings. The Kier molecular flexibility index (Phi) is 4.37. The van der Waals surface area contributed by atoms with Gasteiger partial charge < -0.3 is 10.2 Å². The standard InChI is InChI=1S/C14H23N3/c1-12-10-14(6-7-15-12)16-13(2)11-17-8-4-3-5-9-17/h6-7,10,13H,3-5,8-9,11H2,1-2H3,(H,15,16). The van der Waals surface area contributed by atoms with Gasteiger partial charge in [0, 0.05) is 30.2 Å². The van der Waals surface area contributed by atoms with Crippen molar-refractivity contribution in [3.63, 3.8) is 0 Å². The number of piperidine rings is 1.